The number of benzene rings is 1. The zero-order valence-electron chi connectivity index (χ0n) is 20.3. The van der Waals surface area contributed by atoms with Crippen molar-refractivity contribution in [3.8, 4) is 5.75 Å². The highest BCUT2D eigenvalue weighted by Gasteiger charge is 2.21. The minimum atomic E-state index is -0.579. The largest absolute Gasteiger partial charge is 0.491 e. The second kappa shape index (κ2) is 9.65. The van der Waals surface area contributed by atoms with E-state index in [0.29, 0.717) is 17.1 Å². The number of pyridine rings is 2. The number of hydrogen-bond donors (Lipinski definition) is 1. The van der Waals surface area contributed by atoms with Crippen molar-refractivity contribution in [2.75, 3.05) is 6.61 Å². The lowest BCUT2D eigenvalue weighted by molar-refractivity contribution is 0.0480. The average molecular weight is 452 g/mol. The summed E-state index contributed by atoms with van der Waals surface area (Å²) in [4.78, 5) is 29.2. The lowest BCUT2D eigenvalue weighted by Crippen LogP contribution is -2.42. The van der Waals surface area contributed by atoms with Crippen molar-refractivity contribution >= 4 is 33.8 Å². The van der Waals surface area contributed by atoms with Crippen LogP contribution in [-0.4, -0.2) is 33.9 Å². The molecule has 3 aromatic rings. The Labute approximate surface area is 194 Å². The van der Waals surface area contributed by atoms with Crippen molar-refractivity contribution in [3.63, 3.8) is 0 Å². The molecule has 1 atom stereocenters. The highest BCUT2D eigenvalue weighted by atomic mass is 16.6. The fraction of sp³-hybridized carbons (Fsp3) is 0.423. The van der Waals surface area contributed by atoms with Gasteiger partial charge in [0.15, 0.2) is 0 Å². The lowest BCUT2D eigenvalue weighted by atomic mass is 10.0. The van der Waals surface area contributed by atoms with Crippen LogP contribution in [0.5, 0.6) is 5.75 Å². The number of ether oxygens (including phenoxy) is 2. The number of aryl methyl sites for hydroxylation is 1. The van der Waals surface area contributed by atoms with Crippen LogP contribution in [0.25, 0.3) is 27.8 Å². The number of hydrogen-bond acceptors (Lipinski definition) is 5. The molecule has 0 aliphatic heterocycles. The van der Waals surface area contributed by atoms with Gasteiger partial charge in [0.05, 0.1) is 16.9 Å². The maximum absolute atomic E-state index is 12.8. The molecule has 0 saturated heterocycles. The summed E-state index contributed by atoms with van der Waals surface area (Å²) >= 11 is 0. The van der Waals surface area contributed by atoms with Gasteiger partial charge in [0.2, 0.25) is 0 Å². The van der Waals surface area contributed by atoms with Crippen molar-refractivity contribution in [2.24, 2.45) is 13.0 Å². The number of amides is 1. The first-order chi connectivity index (χ1) is 15.5. The smallest absolute Gasteiger partial charge is 0.407 e. The summed E-state index contributed by atoms with van der Waals surface area (Å²) in [6.07, 6.45) is 5.26. The number of alkyl carbamates (subject to hydrolysis) is 1. The molecule has 2 aromatic heterocycles. The maximum atomic E-state index is 12.8. The second-order valence-corrected chi connectivity index (χ2v) is 9.68. The van der Waals surface area contributed by atoms with E-state index in [-0.39, 0.29) is 18.2 Å². The van der Waals surface area contributed by atoms with E-state index in [9.17, 15) is 9.59 Å². The van der Waals surface area contributed by atoms with Gasteiger partial charge in [-0.1, -0.05) is 26.5 Å². The van der Waals surface area contributed by atoms with Gasteiger partial charge < -0.3 is 19.4 Å². The Balaban J connectivity index is 1.94. The molecule has 3 rings (SSSR count). The zero-order valence-corrected chi connectivity index (χ0v) is 20.3. The number of fused-ring (bicyclic) bond motifs is 3. The van der Waals surface area contributed by atoms with Crippen molar-refractivity contribution < 1.29 is 14.3 Å². The molecule has 33 heavy (non-hydrogen) atoms. The fourth-order valence-electron chi connectivity index (χ4n) is 3.86. The first-order valence-electron chi connectivity index (χ1n) is 11.2. The summed E-state index contributed by atoms with van der Waals surface area (Å²) in [6, 6.07) is 5.43. The van der Waals surface area contributed by atoms with E-state index in [1.165, 1.54) is 0 Å². The van der Waals surface area contributed by atoms with Gasteiger partial charge in [-0.3, -0.25) is 9.78 Å². The Morgan fingerprint density at radius 2 is 1.97 bits per heavy atom. The molecule has 0 aliphatic rings. The first-order valence-corrected chi connectivity index (χ1v) is 11.2. The molecule has 2 heterocycles. The van der Waals surface area contributed by atoms with Crippen molar-refractivity contribution in [1.82, 2.24) is 14.9 Å². The molecule has 0 aliphatic carbocycles. The SMILES string of the molecule is C=Cc1cc2c3ccncc3c(=O)n(C)c2cc1OC[C@H](CC(C)C)NC(=O)OC(C)(C)C. The summed E-state index contributed by atoms with van der Waals surface area (Å²) < 4.78 is 13.2. The number of nitrogens with zero attached hydrogens (tertiary/aromatic N) is 2. The van der Waals surface area contributed by atoms with Crippen LogP contribution in [0.1, 0.15) is 46.6 Å². The summed E-state index contributed by atoms with van der Waals surface area (Å²) in [5.74, 6) is 0.950. The van der Waals surface area contributed by atoms with Crippen molar-refractivity contribution in [1.29, 1.82) is 0 Å². The normalized spacial score (nSPS) is 12.7. The highest BCUT2D eigenvalue weighted by Crippen LogP contribution is 2.30. The molecule has 0 saturated carbocycles. The first kappa shape index (κ1) is 24.3. The number of nitrogens with one attached hydrogen (secondary N) is 1. The van der Waals surface area contributed by atoms with Gasteiger partial charge >= 0.3 is 6.09 Å². The lowest BCUT2D eigenvalue weighted by Gasteiger charge is -2.25. The Morgan fingerprint density at radius 1 is 1.24 bits per heavy atom. The Hall–Kier alpha value is -3.35. The van der Waals surface area contributed by atoms with E-state index >= 15 is 0 Å². The molecule has 7 nitrogen and oxygen atoms in total. The molecule has 7 heteroatoms. The van der Waals surface area contributed by atoms with E-state index in [2.05, 4.69) is 30.7 Å². The third kappa shape index (κ3) is 5.72. The molecule has 1 aromatic carbocycles. The third-order valence-corrected chi connectivity index (χ3v) is 5.27. The zero-order chi connectivity index (χ0) is 24.3. The van der Waals surface area contributed by atoms with Gasteiger partial charge in [-0.2, -0.15) is 0 Å². The van der Waals surface area contributed by atoms with Crippen molar-refractivity contribution in [3.05, 3.63) is 53.1 Å². The van der Waals surface area contributed by atoms with Crippen molar-refractivity contribution in [2.45, 2.75) is 52.7 Å². The minimum absolute atomic E-state index is 0.118. The molecule has 0 unspecified atom stereocenters. The van der Waals surface area contributed by atoms with E-state index < -0.39 is 11.7 Å². The molecular formula is C26H33N3O4. The molecule has 1 amide bonds. The Kier molecular flexibility index (Phi) is 7.10. The third-order valence-electron chi connectivity index (χ3n) is 5.27. The summed E-state index contributed by atoms with van der Waals surface area (Å²) in [5, 5.41) is 5.24. The van der Waals surface area contributed by atoms with Gasteiger partial charge in [-0.15, -0.1) is 0 Å². The number of carbonyl (C=O) groups excluding carboxylic acids is 1. The maximum Gasteiger partial charge on any atom is 0.407 e. The summed E-state index contributed by atoms with van der Waals surface area (Å²) in [5.41, 5.74) is 0.858. The highest BCUT2D eigenvalue weighted by molar-refractivity contribution is 6.06. The van der Waals surface area contributed by atoms with Crippen LogP contribution in [0.2, 0.25) is 0 Å². The van der Waals surface area contributed by atoms with E-state index in [0.717, 1.165) is 28.3 Å². The van der Waals surface area contributed by atoms with Gasteiger partial charge in [0.1, 0.15) is 18.0 Å². The molecule has 176 valence electrons. The van der Waals surface area contributed by atoms with Crippen LogP contribution in [0.15, 0.2) is 42.0 Å². The van der Waals surface area contributed by atoms with Crippen LogP contribution in [0, 0.1) is 5.92 Å². The van der Waals surface area contributed by atoms with Gasteiger partial charge in [0, 0.05) is 36.5 Å². The topological polar surface area (TPSA) is 82.5 Å². The molecule has 1 N–H and O–H groups in total. The number of rotatable bonds is 7. The quantitative estimate of drug-likeness (QED) is 0.509. The molecule has 0 fully saturated rings. The Bertz CT molecular complexity index is 1240. The average Bonchev–Trinajstić information content (AvgIpc) is 2.73. The number of aromatic nitrogens is 2. The van der Waals surface area contributed by atoms with E-state index in [1.54, 1.807) is 30.1 Å². The van der Waals surface area contributed by atoms with Crippen LogP contribution in [0.3, 0.4) is 0 Å². The fourth-order valence-corrected chi connectivity index (χ4v) is 3.86. The van der Waals surface area contributed by atoms with Gasteiger partial charge in [-0.25, -0.2) is 4.79 Å². The van der Waals surface area contributed by atoms with Crippen LogP contribution in [-0.2, 0) is 11.8 Å². The molecule has 0 bridgehead atoms. The molecule has 0 spiro atoms. The van der Waals surface area contributed by atoms with Gasteiger partial charge in [-0.05, 0) is 50.6 Å². The Morgan fingerprint density at radius 3 is 2.61 bits per heavy atom. The van der Waals surface area contributed by atoms with Crippen LogP contribution >= 0.6 is 0 Å². The second-order valence-electron chi connectivity index (χ2n) is 9.68. The minimum Gasteiger partial charge on any atom is -0.491 e. The summed E-state index contributed by atoms with van der Waals surface area (Å²) in [6.45, 7) is 13.9. The number of carbonyl (C=O) groups is 1. The van der Waals surface area contributed by atoms with E-state index in [1.807, 2.05) is 39.0 Å². The van der Waals surface area contributed by atoms with Gasteiger partial charge in [0.25, 0.3) is 5.56 Å². The molecule has 0 radical (unpaired) electrons. The summed E-state index contributed by atoms with van der Waals surface area (Å²) in [7, 11) is 1.74. The molecular weight excluding hydrogens is 418 g/mol. The van der Waals surface area contributed by atoms with Crippen LogP contribution < -0.4 is 15.6 Å². The standard InChI is InChI=1S/C26H33N3O4/c1-8-17-12-20-19-9-10-27-14-21(19)24(30)29(7)22(20)13-23(17)32-15-18(11-16(2)3)28-25(31)33-26(4,5)6/h8-10,12-14,16,18H,1,11,15H2,2-7H3,(H,28,31)/t18-/m0/s1. The van der Waals surface area contributed by atoms with E-state index in [4.69, 9.17) is 9.47 Å². The monoisotopic (exact) mass is 451 g/mol. The van der Waals surface area contributed by atoms with Crippen LogP contribution in [0.4, 0.5) is 4.79 Å². The predicted molar refractivity (Wildman–Crippen MR) is 133 cm³/mol. The predicted octanol–water partition coefficient (Wildman–Crippen LogP) is 5.05.